The zero-order chi connectivity index (χ0) is 13.2. The average molecular weight is 247 g/mol. The first-order valence-electron chi connectivity index (χ1n) is 7.01. The third-order valence-corrected chi connectivity index (χ3v) is 3.88. The zero-order valence-electron chi connectivity index (χ0n) is 11.8. The second kappa shape index (κ2) is 5.31. The molecule has 0 radical (unpaired) electrons. The van der Waals surface area contributed by atoms with E-state index in [0.29, 0.717) is 6.54 Å². The lowest BCUT2D eigenvalue weighted by Gasteiger charge is -2.27. The van der Waals surface area contributed by atoms with Crippen LogP contribution in [0.4, 0.5) is 5.69 Å². The number of hydrogen-bond acceptors (Lipinski definition) is 2. The fourth-order valence-electron chi connectivity index (χ4n) is 2.46. The second-order valence-corrected chi connectivity index (χ2v) is 6.41. The molecule has 18 heavy (non-hydrogen) atoms. The first-order chi connectivity index (χ1) is 8.48. The van der Waals surface area contributed by atoms with Crippen molar-refractivity contribution >= 4 is 5.69 Å². The number of benzene rings is 1. The largest absolute Gasteiger partial charge is 0.391 e. The summed E-state index contributed by atoms with van der Waals surface area (Å²) in [5.41, 5.74) is 4.10. The van der Waals surface area contributed by atoms with Gasteiger partial charge in [-0.25, -0.2) is 0 Å². The van der Waals surface area contributed by atoms with Crippen molar-refractivity contribution in [1.29, 1.82) is 0 Å². The lowest BCUT2D eigenvalue weighted by atomic mass is 9.88. The number of nitrogens with one attached hydrogen (secondary N) is 1. The van der Waals surface area contributed by atoms with Gasteiger partial charge in [-0.05, 0) is 48.3 Å². The Hall–Kier alpha value is -1.02. The highest BCUT2D eigenvalue weighted by Gasteiger charge is 2.22. The van der Waals surface area contributed by atoms with Crippen LogP contribution in [0.1, 0.15) is 44.7 Å². The van der Waals surface area contributed by atoms with Crippen LogP contribution >= 0.6 is 0 Å². The van der Waals surface area contributed by atoms with Crippen molar-refractivity contribution in [3.05, 3.63) is 29.3 Å². The molecule has 1 unspecified atom stereocenters. The van der Waals surface area contributed by atoms with Crippen molar-refractivity contribution in [3.8, 4) is 0 Å². The highest BCUT2D eigenvalue weighted by Crippen LogP contribution is 2.28. The smallest absolute Gasteiger partial charge is 0.0760 e. The number of rotatable bonds is 3. The Bertz CT molecular complexity index is 406. The molecule has 0 saturated heterocycles. The summed E-state index contributed by atoms with van der Waals surface area (Å²) in [7, 11) is 0. The number of hydrogen-bond donors (Lipinski definition) is 2. The van der Waals surface area contributed by atoms with E-state index in [9.17, 15) is 5.11 Å². The van der Waals surface area contributed by atoms with Crippen LogP contribution in [-0.2, 0) is 12.8 Å². The summed E-state index contributed by atoms with van der Waals surface area (Å²) in [5, 5.41) is 13.5. The van der Waals surface area contributed by atoms with E-state index in [1.165, 1.54) is 42.5 Å². The highest BCUT2D eigenvalue weighted by molar-refractivity contribution is 5.55. The molecule has 1 aliphatic rings. The van der Waals surface area contributed by atoms with Gasteiger partial charge in [0.1, 0.15) is 0 Å². The van der Waals surface area contributed by atoms with Gasteiger partial charge in [-0.2, -0.15) is 0 Å². The van der Waals surface area contributed by atoms with E-state index in [2.05, 4.69) is 44.3 Å². The van der Waals surface area contributed by atoms with Gasteiger partial charge >= 0.3 is 0 Å². The van der Waals surface area contributed by atoms with Crippen molar-refractivity contribution in [2.24, 2.45) is 5.41 Å². The van der Waals surface area contributed by atoms with Crippen molar-refractivity contribution in [2.75, 3.05) is 11.9 Å². The quantitative estimate of drug-likeness (QED) is 0.858. The van der Waals surface area contributed by atoms with Gasteiger partial charge in [0.05, 0.1) is 6.10 Å². The Morgan fingerprint density at radius 2 is 1.94 bits per heavy atom. The lowest BCUT2D eigenvalue weighted by molar-refractivity contribution is 0.0745. The maximum atomic E-state index is 10.1. The Kier molecular flexibility index (Phi) is 3.96. The van der Waals surface area contributed by atoms with E-state index in [4.69, 9.17) is 0 Å². The summed E-state index contributed by atoms with van der Waals surface area (Å²) < 4.78 is 0. The molecule has 0 aliphatic heterocycles. The molecule has 1 aromatic rings. The summed E-state index contributed by atoms with van der Waals surface area (Å²) in [6.45, 7) is 6.83. The predicted molar refractivity (Wildman–Crippen MR) is 77.0 cm³/mol. The monoisotopic (exact) mass is 247 g/mol. The number of anilines is 1. The van der Waals surface area contributed by atoms with Crippen molar-refractivity contribution in [1.82, 2.24) is 0 Å². The molecule has 0 saturated carbocycles. The van der Waals surface area contributed by atoms with E-state index in [0.717, 1.165) is 0 Å². The Balaban J connectivity index is 2.06. The van der Waals surface area contributed by atoms with Crippen LogP contribution in [0.2, 0.25) is 0 Å². The summed E-state index contributed by atoms with van der Waals surface area (Å²) in [5.74, 6) is 0. The van der Waals surface area contributed by atoms with Crippen LogP contribution in [-0.4, -0.2) is 17.8 Å². The SMILES string of the molecule is CC(C)(C)C(O)CNc1cccc2c1CCCC2. The van der Waals surface area contributed by atoms with Gasteiger partial charge in [0.15, 0.2) is 0 Å². The molecular weight excluding hydrogens is 222 g/mol. The molecule has 100 valence electrons. The highest BCUT2D eigenvalue weighted by atomic mass is 16.3. The van der Waals surface area contributed by atoms with Gasteiger partial charge in [0, 0.05) is 12.2 Å². The molecule has 0 heterocycles. The van der Waals surface area contributed by atoms with E-state index >= 15 is 0 Å². The number of fused-ring (bicyclic) bond motifs is 1. The Morgan fingerprint density at radius 1 is 1.22 bits per heavy atom. The minimum Gasteiger partial charge on any atom is -0.391 e. The number of aliphatic hydroxyl groups is 1. The molecule has 2 N–H and O–H groups in total. The fourth-order valence-corrected chi connectivity index (χ4v) is 2.46. The van der Waals surface area contributed by atoms with Crippen LogP contribution in [0.25, 0.3) is 0 Å². The Morgan fingerprint density at radius 3 is 2.67 bits per heavy atom. The van der Waals surface area contributed by atoms with Crippen LogP contribution in [0.5, 0.6) is 0 Å². The molecule has 0 bridgehead atoms. The first-order valence-corrected chi connectivity index (χ1v) is 7.01. The first kappa shape index (κ1) is 13.4. The minimum absolute atomic E-state index is 0.0676. The van der Waals surface area contributed by atoms with Gasteiger partial charge in [-0.15, -0.1) is 0 Å². The van der Waals surface area contributed by atoms with Crippen molar-refractivity contribution in [3.63, 3.8) is 0 Å². The molecule has 1 aliphatic carbocycles. The van der Waals surface area contributed by atoms with E-state index in [-0.39, 0.29) is 11.5 Å². The van der Waals surface area contributed by atoms with E-state index in [1.807, 2.05) is 0 Å². The average Bonchev–Trinajstić information content (AvgIpc) is 2.34. The molecule has 0 fully saturated rings. The Labute approximate surface area is 110 Å². The van der Waals surface area contributed by atoms with Gasteiger partial charge < -0.3 is 10.4 Å². The maximum absolute atomic E-state index is 10.1. The van der Waals surface area contributed by atoms with Gasteiger partial charge in [-0.3, -0.25) is 0 Å². The summed E-state index contributed by atoms with van der Waals surface area (Å²) >= 11 is 0. The summed E-state index contributed by atoms with van der Waals surface area (Å²) in [4.78, 5) is 0. The molecule has 0 amide bonds. The van der Waals surface area contributed by atoms with Crippen molar-refractivity contribution < 1.29 is 5.11 Å². The molecule has 0 aromatic heterocycles. The number of aliphatic hydroxyl groups excluding tert-OH is 1. The third kappa shape index (κ3) is 3.05. The fraction of sp³-hybridized carbons (Fsp3) is 0.625. The molecule has 2 rings (SSSR count). The second-order valence-electron chi connectivity index (χ2n) is 6.41. The standard InChI is InChI=1S/C16H25NO/c1-16(2,3)15(18)11-17-14-10-6-8-12-7-4-5-9-13(12)14/h6,8,10,15,17-18H,4-5,7,9,11H2,1-3H3. The normalized spacial score (nSPS) is 17.1. The van der Waals surface area contributed by atoms with Crippen molar-refractivity contribution in [2.45, 2.75) is 52.6 Å². The molecule has 2 heteroatoms. The zero-order valence-corrected chi connectivity index (χ0v) is 11.8. The molecule has 2 nitrogen and oxygen atoms in total. The topological polar surface area (TPSA) is 32.3 Å². The molecular formula is C16H25NO. The summed E-state index contributed by atoms with van der Waals surface area (Å²) in [6.07, 6.45) is 4.64. The van der Waals surface area contributed by atoms with Gasteiger partial charge in [-0.1, -0.05) is 32.9 Å². The van der Waals surface area contributed by atoms with Crippen LogP contribution in [0.3, 0.4) is 0 Å². The number of aryl methyl sites for hydroxylation is 1. The van der Waals surface area contributed by atoms with Gasteiger partial charge in [0.2, 0.25) is 0 Å². The van der Waals surface area contributed by atoms with Crippen LogP contribution in [0, 0.1) is 5.41 Å². The molecule has 0 spiro atoms. The minimum atomic E-state index is -0.322. The van der Waals surface area contributed by atoms with Crippen LogP contribution in [0.15, 0.2) is 18.2 Å². The van der Waals surface area contributed by atoms with E-state index < -0.39 is 0 Å². The lowest BCUT2D eigenvalue weighted by Crippen LogP contribution is -2.33. The molecule has 1 atom stereocenters. The summed E-state index contributed by atoms with van der Waals surface area (Å²) in [6, 6.07) is 6.50. The third-order valence-electron chi connectivity index (χ3n) is 3.88. The van der Waals surface area contributed by atoms with Crippen LogP contribution < -0.4 is 5.32 Å². The molecule has 1 aromatic carbocycles. The predicted octanol–water partition coefficient (Wildman–Crippen LogP) is 3.38. The van der Waals surface area contributed by atoms with E-state index in [1.54, 1.807) is 0 Å². The van der Waals surface area contributed by atoms with Gasteiger partial charge in [0.25, 0.3) is 0 Å². The maximum Gasteiger partial charge on any atom is 0.0760 e.